The fraction of sp³-hybridized carbons (Fsp3) is 0.444. The highest BCUT2D eigenvalue weighted by Gasteiger charge is 2.41. The second-order valence-electron chi connectivity index (χ2n) is 7.06. The summed E-state index contributed by atoms with van der Waals surface area (Å²) in [6.07, 6.45) is 0.762. The molecule has 1 aromatic rings. The van der Waals surface area contributed by atoms with Gasteiger partial charge in [0.1, 0.15) is 5.66 Å². The minimum Gasteiger partial charge on any atom is -0.453 e. The summed E-state index contributed by atoms with van der Waals surface area (Å²) in [7, 11) is 1.20. The molecule has 0 aliphatic carbocycles. The van der Waals surface area contributed by atoms with E-state index in [1.807, 2.05) is 6.92 Å². The van der Waals surface area contributed by atoms with Crippen LogP contribution < -0.4 is 27.0 Å². The maximum atomic E-state index is 14.3. The highest BCUT2D eigenvalue weighted by atomic mass is 19.3. The molecule has 2 heterocycles. The summed E-state index contributed by atoms with van der Waals surface area (Å²) < 4.78 is 33.1. The predicted molar refractivity (Wildman–Crippen MR) is 101 cm³/mol. The van der Waals surface area contributed by atoms with Crippen molar-refractivity contribution in [3.05, 3.63) is 30.0 Å². The average molecular weight is 395 g/mol. The van der Waals surface area contributed by atoms with Crippen molar-refractivity contribution in [1.29, 1.82) is 0 Å². The van der Waals surface area contributed by atoms with Gasteiger partial charge in [0.05, 0.1) is 18.5 Å². The van der Waals surface area contributed by atoms with Gasteiger partial charge < -0.3 is 26.4 Å². The Labute approximate surface area is 160 Å². The summed E-state index contributed by atoms with van der Waals surface area (Å²) in [6.45, 7) is 1.84. The molecule has 3 rings (SSSR count). The number of nitrogens with one attached hydrogen (secondary N) is 4. The molecule has 0 saturated carbocycles. The van der Waals surface area contributed by atoms with Gasteiger partial charge in [-0.3, -0.25) is 10.1 Å². The van der Waals surface area contributed by atoms with E-state index in [0.29, 0.717) is 17.7 Å². The maximum absolute atomic E-state index is 14.3. The zero-order valence-electron chi connectivity index (χ0n) is 15.6. The molecule has 0 aromatic heterocycles. The van der Waals surface area contributed by atoms with E-state index in [1.165, 1.54) is 13.2 Å². The molecule has 2 bridgehead atoms. The number of hydrogen-bond donors (Lipinski definition) is 5. The van der Waals surface area contributed by atoms with E-state index in [-0.39, 0.29) is 17.8 Å². The summed E-state index contributed by atoms with van der Waals surface area (Å²) in [5.41, 5.74) is 6.96. The number of amides is 2. The first-order valence-electron chi connectivity index (χ1n) is 8.85. The Bertz CT molecular complexity index is 829. The lowest BCUT2D eigenvalue weighted by molar-refractivity contribution is -0.140. The molecule has 0 radical (unpaired) electrons. The molecular formula is C18H23F2N5O3. The van der Waals surface area contributed by atoms with Crippen molar-refractivity contribution >= 4 is 29.1 Å². The van der Waals surface area contributed by atoms with Crippen molar-refractivity contribution in [3.8, 4) is 0 Å². The van der Waals surface area contributed by atoms with Crippen LogP contribution in [0.1, 0.15) is 31.7 Å². The Morgan fingerprint density at radius 2 is 2.14 bits per heavy atom. The number of carbonyl (C=O) groups is 2. The molecule has 2 amide bonds. The van der Waals surface area contributed by atoms with Gasteiger partial charge in [0.25, 0.3) is 5.91 Å². The predicted octanol–water partition coefficient (Wildman–Crippen LogP) is 2.16. The first kappa shape index (κ1) is 19.9. The fourth-order valence-electron chi connectivity index (χ4n) is 3.21. The number of ether oxygens (including phenoxy) is 1. The number of anilines is 2. The van der Waals surface area contributed by atoms with Crippen LogP contribution in [0.3, 0.4) is 0 Å². The van der Waals surface area contributed by atoms with Crippen molar-refractivity contribution in [2.45, 2.75) is 43.8 Å². The lowest BCUT2D eigenvalue weighted by atomic mass is 9.96. The summed E-state index contributed by atoms with van der Waals surface area (Å²) in [4.78, 5) is 23.6. The van der Waals surface area contributed by atoms with Crippen LogP contribution in [0.4, 0.5) is 25.0 Å². The minimum absolute atomic E-state index is 0.0899. The first-order valence-corrected chi connectivity index (χ1v) is 8.85. The monoisotopic (exact) mass is 395 g/mol. The van der Waals surface area contributed by atoms with E-state index >= 15 is 0 Å². The Morgan fingerprint density at radius 1 is 1.39 bits per heavy atom. The van der Waals surface area contributed by atoms with Gasteiger partial charge >= 0.3 is 12.0 Å². The van der Waals surface area contributed by atoms with E-state index in [2.05, 4.69) is 26.0 Å². The third kappa shape index (κ3) is 3.86. The summed E-state index contributed by atoms with van der Waals surface area (Å²) >= 11 is 0. The first-order chi connectivity index (χ1) is 13.1. The highest BCUT2D eigenvalue weighted by molar-refractivity contribution is 5.99. The molecule has 6 N–H and O–H groups in total. The van der Waals surface area contributed by atoms with Gasteiger partial charge in [-0.2, -0.15) is 8.78 Å². The largest absolute Gasteiger partial charge is 0.453 e. The second-order valence-corrected chi connectivity index (χ2v) is 7.06. The van der Waals surface area contributed by atoms with Crippen molar-refractivity contribution in [2.24, 2.45) is 5.73 Å². The second kappa shape index (κ2) is 7.27. The van der Waals surface area contributed by atoms with Crippen LogP contribution in [-0.4, -0.2) is 36.7 Å². The number of halogens is 2. The van der Waals surface area contributed by atoms with E-state index in [1.54, 1.807) is 18.3 Å². The van der Waals surface area contributed by atoms with Gasteiger partial charge in [-0.15, -0.1) is 0 Å². The molecular weight excluding hydrogens is 372 g/mol. The molecule has 10 heteroatoms. The van der Waals surface area contributed by atoms with Gasteiger partial charge in [0.15, 0.2) is 0 Å². The number of benzene rings is 1. The zero-order valence-corrected chi connectivity index (χ0v) is 15.6. The van der Waals surface area contributed by atoms with Crippen molar-refractivity contribution in [1.82, 2.24) is 10.6 Å². The molecule has 0 fully saturated rings. The van der Waals surface area contributed by atoms with Gasteiger partial charge in [0.2, 0.25) is 0 Å². The molecule has 2 atom stereocenters. The summed E-state index contributed by atoms with van der Waals surface area (Å²) in [5.74, 6) is -4.95. The molecule has 28 heavy (non-hydrogen) atoms. The lowest BCUT2D eigenvalue weighted by Crippen LogP contribution is -2.60. The Morgan fingerprint density at radius 3 is 2.86 bits per heavy atom. The third-order valence-corrected chi connectivity index (χ3v) is 4.98. The van der Waals surface area contributed by atoms with Crippen LogP contribution in [0.15, 0.2) is 24.4 Å². The van der Waals surface area contributed by atoms with Crippen molar-refractivity contribution in [3.63, 3.8) is 0 Å². The number of hydrogen-bond acceptors (Lipinski definition) is 6. The molecule has 2 aliphatic rings. The standard InChI is InChI=1S/C18H23F2N5O3/c1-17-14(21)4-3-7-18(19,20)15(26)24-12-8-10(23-16(27)28-2)5-6-11(12)13(25-17)9-22-17/h5-6,8-9,14,22,25H,3-4,7,21H2,1-2H3,(H,23,27)(H,24,26). The smallest absolute Gasteiger partial charge is 0.411 e. The Hall–Kier alpha value is -2.88. The van der Waals surface area contributed by atoms with Gasteiger partial charge in [-0.05, 0) is 38.0 Å². The number of rotatable bonds is 1. The number of fused-ring (bicyclic) bond motifs is 4. The van der Waals surface area contributed by atoms with Gasteiger partial charge in [-0.1, -0.05) is 0 Å². The molecule has 0 spiro atoms. The van der Waals surface area contributed by atoms with Crippen LogP contribution in [0.25, 0.3) is 5.70 Å². The minimum atomic E-state index is -3.54. The van der Waals surface area contributed by atoms with Crippen molar-refractivity contribution < 1.29 is 23.1 Å². The quantitative estimate of drug-likeness (QED) is 0.497. The van der Waals surface area contributed by atoms with Crippen molar-refractivity contribution in [2.75, 3.05) is 17.7 Å². The lowest BCUT2D eigenvalue weighted by Gasteiger charge is -2.34. The molecule has 152 valence electrons. The number of carbonyl (C=O) groups excluding carboxylic acids is 2. The van der Waals surface area contributed by atoms with Crippen LogP contribution in [0, 0.1) is 0 Å². The third-order valence-electron chi connectivity index (χ3n) is 4.98. The van der Waals surface area contributed by atoms with E-state index < -0.39 is 36.0 Å². The topological polar surface area (TPSA) is 118 Å². The SMILES string of the molecule is COC(=O)Nc1ccc2c(c1)NC(=O)C(F)(F)CCCC(N)C1(C)NC=C2N1. The summed E-state index contributed by atoms with van der Waals surface area (Å²) in [5, 5.41) is 11.2. The molecule has 1 aromatic carbocycles. The van der Waals surface area contributed by atoms with Crippen LogP contribution in [-0.2, 0) is 9.53 Å². The van der Waals surface area contributed by atoms with Crippen LogP contribution in [0.5, 0.6) is 0 Å². The van der Waals surface area contributed by atoms with E-state index in [4.69, 9.17) is 5.73 Å². The average Bonchev–Trinajstić information content (AvgIpc) is 3.04. The van der Waals surface area contributed by atoms with Gasteiger partial charge in [0, 0.05) is 29.9 Å². The molecule has 2 aliphatic heterocycles. The Kier molecular flexibility index (Phi) is 5.16. The number of alkyl halides is 2. The molecule has 8 nitrogen and oxygen atoms in total. The Balaban J connectivity index is 2.02. The molecule has 0 saturated heterocycles. The fourth-order valence-corrected chi connectivity index (χ4v) is 3.21. The number of methoxy groups -OCH3 is 1. The number of nitrogens with two attached hydrogens (primary N) is 1. The van der Waals surface area contributed by atoms with E-state index in [0.717, 1.165) is 0 Å². The van der Waals surface area contributed by atoms with Crippen LogP contribution in [0.2, 0.25) is 0 Å². The molecule has 2 unspecified atom stereocenters. The highest BCUT2D eigenvalue weighted by Crippen LogP contribution is 2.33. The summed E-state index contributed by atoms with van der Waals surface area (Å²) in [6, 6.07) is 4.11. The zero-order chi connectivity index (χ0) is 20.5. The van der Waals surface area contributed by atoms with Gasteiger partial charge in [-0.25, -0.2) is 4.79 Å². The van der Waals surface area contributed by atoms with E-state index in [9.17, 15) is 18.4 Å². The normalized spacial score (nSPS) is 26.2. The maximum Gasteiger partial charge on any atom is 0.411 e. The van der Waals surface area contributed by atoms with Crippen LogP contribution >= 0.6 is 0 Å².